The van der Waals surface area contributed by atoms with Crippen molar-refractivity contribution in [3.05, 3.63) is 68.2 Å². The molecule has 0 saturated heterocycles. The highest BCUT2D eigenvalue weighted by molar-refractivity contribution is 14.1. The fourth-order valence-corrected chi connectivity index (χ4v) is 4.51. The van der Waals surface area contributed by atoms with Crippen molar-refractivity contribution in [2.24, 2.45) is 0 Å². The van der Waals surface area contributed by atoms with Crippen molar-refractivity contribution < 1.29 is 0 Å². The van der Waals surface area contributed by atoms with Crippen LogP contribution in [-0.4, -0.2) is 29.7 Å². The Morgan fingerprint density at radius 3 is 2.60 bits per heavy atom. The lowest BCUT2D eigenvalue weighted by Crippen LogP contribution is -2.08. The van der Waals surface area contributed by atoms with Crippen LogP contribution in [0.4, 0.5) is 5.82 Å². The first-order chi connectivity index (χ1) is 14.5. The molecule has 0 amide bonds. The van der Waals surface area contributed by atoms with Gasteiger partial charge in [0.05, 0.1) is 38.9 Å². The van der Waals surface area contributed by atoms with Gasteiger partial charge in [0.2, 0.25) is 0 Å². The zero-order valence-corrected chi connectivity index (χ0v) is 18.9. The predicted octanol–water partition coefficient (Wildman–Crippen LogP) is 4.98. The van der Waals surface area contributed by atoms with E-state index in [1.54, 1.807) is 10.7 Å². The summed E-state index contributed by atoms with van der Waals surface area (Å²) in [7, 11) is 0. The molecule has 10 heteroatoms. The number of hydrogen-bond acceptors (Lipinski definition) is 6. The van der Waals surface area contributed by atoms with Crippen molar-refractivity contribution in [3.8, 4) is 11.3 Å². The van der Waals surface area contributed by atoms with E-state index < -0.39 is 0 Å². The van der Waals surface area contributed by atoms with Gasteiger partial charge in [-0.1, -0.05) is 47.5 Å². The first-order valence-electron chi connectivity index (χ1n) is 8.85. The van der Waals surface area contributed by atoms with Crippen LogP contribution < -0.4 is 5.73 Å². The Kier molecular flexibility index (Phi) is 4.92. The number of halogens is 3. The van der Waals surface area contributed by atoms with Crippen LogP contribution in [0.3, 0.4) is 0 Å². The second kappa shape index (κ2) is 7.60. The van der Waals surface area contributed by atoms with Gasteiger partial charge in [0.1, 0.15) is 21.4 Å². The monoisotopic (exact) mass is 547 g/mol. The molecule has 0 aliphatic heterocycles. The highest BCUT2D eigenvalue weighted by atomic mass is 127. The summed E-state index contributed by atoms with van der Waals surface area (Å²) in [5, 5.41) is 6.42. The number of nitrogen functional groups attached to an aromatic ring is 1. The van der Waals surface area contributed by atoms with Gasteiger partial charge < -0.3 is 5.73 Å². The maximum Gasteiger partial charge on any atom is 0.164 e. The molecule has 0 aliphatic rings. The minimum absolute atomic E-state index is 0.310. The summed E-state index contributed by atoms with van der Waals surface area (Å²) in [6.45, 7) is 0.310. The third kappa shape index (κ3) is 3.24. The maximum atomic E-state index is 6.48. The van der Waals surface area contributed by atoms with Gasteiger partial charge in [-0.2, -0.15) is 5.10 Å². The van der Waals surface area contributed by atoms with E-state index in [0.29, 0.717) is 59.6 Å². The van der Waals surface area contributed by atoms with Crippen LogP contribution in [0.5, 0.6) is 0 Å². The summed E-state index contributed by atoms with van der Waals surface area (Å²) in [5.74, 6) is 0.384. The number of nitrogens with two attached hydrogens (primary N) is 1. The maximum absolute atomic E-state index is 6.48. The average Bonchev–Trinajstić information content (AvgIpc) is 3.05. The zero-order chi connectivity index (χ0) is 20.8. The van der Waals surface area contributed by atoms with Crippen LogP contribution >= 0.6 is 45.8 Å². The average molecular weight is 548 g/mol. The highest BCUT2D eigenvalue weighted by Gasteiger charge is 2.19. The van der Waals surface area contributed by atoms with Crippen LogP contribution in [0.25, 0.3) is 33.3 Å². The Bertz CT molecular complexity index is 1430. The molecule has 5 rings (SSSR count). The van der Waals surface area contributed by atoms with Crippen LogP contribution in [0.2, 0.25) is 10.0 Å². The van der Waals surface area contributed by atoms with Crippen molar-refractivity contribution >= 4 is 73.7 Å². The van der Waals surface area contributed by atoms with E-state index >= 15 is 0 Å². The Labute approximate surface area is 194 Å². The molecule has 0 spiro atoms. The van der Waals surface area contributed by atoms with Gasteiger partial charge >= 0.3 is 0 Å². The number of anilines is 1. The molecule has 0 fully saturated rings. The third-order valence-corrected chi connectivity index (χ3v) is 6.05. The van der Waals surface area contributed by atoms with Gasteiger partial charge in [-0.25, -0.2) is 24.6 Å². The van der Waals surface area contributed by atoms with Gasteiger partial charge in [0, 0.05) is 5.56 Å². The van der Waals surface area contributed by atoms with E-state index in [-0.39, 0.29) is 0 Å². The number of para-hydroxylation sites is 1. The molecular formula is C20H12Cl2IN7. The largest absolute Gasteiger partial charge is 0.383 e. The number of nitrogens with zero attached hydrogens (tertiary/aromatic N) is 6. The van der Waals surface area contributed by atoms with Crippen LogP contribution in [0.1, 0.15) is 5.69 Å². The topological polar surface area (TPSA) is 95.4 Å². The van der Waals surface area contributed by atoms with E-state index in [9.17, 15) is 0 Å². The molecule has 5 aromatic rings. The summed E-state index contributed by atoms with van der Waals surface area (Å²) in [6.07, 6.45) is 1.42. The minimum Gasteiger partial charge on any atom is -0.383 e. The first-order valence-corrected chi connectivity index (χ1v) is 10.7. The second-order valence-corrected chi connectivity index (χ2v) is 8.35. The van der Waals surface area contributed by atoms with Crippen LogP contribution in [0.15, 0.2) is 48.8 Å². The number of hydrogen-bond donors (Lipinski definition) is 1. The summed E-state index contributed by atoms with van der Waals surface area (Å²) < 4.78 is 2.45. The standard InChI is InChI=1S/C20H12Cl2IN7/c21-11-5-2-1-4-10(11)16-14(28-17-12(22)6-3-7-13(17)27-16)8-30-20-15(18(23)29-30)19(24)25-9-26-20/h1-7,9H,8H2,(H2,24,25,26). The Morgan fingerprint density at radius 2 is 1.77 bits per heavy atom. The smallest absolute Gasteiger partial charge is 0.164 e. The van der Waals surface area contributed by atoms with Gasteiger partial charge in [0.25, 0.3) is 0 Å². The Balaban J connectivity index is 1.76. The fourth-order valence-electron chi connectivity index (χ4n) is 3.30. The molecular weight excluding hydrogens is 536 g/mol. The molecule has 2 N–H and O–H groups in total. The second-order valence-electron chi connectivity index (χ2n) is 6.51. The highest BCUT2D eigenvalue weighted by Crippen LogP contribution is 2.32. The molecule has 3 heterocycles. The zero-order valence-electron chi connectivity index (χ0n) is 15.2. The van der Waals surface area contributed by atoms with Crippen molar-refractivity contribution in [3.63, 3.8) is 0 Å². The summed E-state index contributed by atoms with van der Waals surface area (Å²) in [4.78, 5) is 18.1. The molecule has 0 aliphatic carbocycles. The van der Waals surface area contributed by atoms with Crippen LogP contribution in [0, 0.1) is 3.70 Å². The third-order valence-electron chi connectivity index (χ3n) is 4.66. The molecule has 2 aromatic carbocycles. The number of rotatable bonds is 3. The number of fused-ring (bicyclic) bond motifs is 2. The van der Waals surface area contributed by atoms with Crippen molar-refractivity contribution in [2.75, 3.05) is 5.73 Å². The van der Waals surface area contributed by atoms with E-state index in [1.807, 2.05) is 36.4 Å². The molecule has 30 heavy (non-hydrogen) atoms. The lowest BCUT2D eigenvalue weighted by molar-refractivity contribution is 0.684. The number of benzene rings is 2. The molecule has 0 unspecified atom stereocenters. The van der Waals surface area contributed by atoms with Crippen LogP contribution in [-0.2, 0) is 6.54 Å². The van der Waals surface area contributed by atoms with E-state index in [4.69, 9.17) is 38.9 Å². The normalized spacial score (nSPS) is 11.4. The summed E-state index contributed by atoms with van der Waals surface area (Å²) >= 11 is 15.0. The lowest BCUT2D eigenvalue weighted by atomic mass is 10.1. The van der Waals surface area contributed by atoms with Crippen molar-refractivity contribution in [2.45, 2.75) is 6.54 Å². The van der Waals surface area contributed by atoms with E-state index in [1.165, 1.54) is 6.33 Å². The quantitative estimate of drug-likeness (QED) is 0.320. The molecule has 7 nitrogen and oxygen atoms in total. The summed E-state index contributed by atoms with van der Waals surface area (Å²) in [5.41, 5.74) is 10.1. The van der Waals surface area contributed by atoms with E-state index in [0.717, 1.165) is 5.56 Å². The molecule has 3 aromatic heterocycles. The lowest BCUT2D eigenvalue weighted by Gasteiger charge is -2.12. The molecule has 0 atom stereocenters. The van der Waals surface area contributed by atoms with Crippen molar-refractivity contribution in [1.29, 1.82) is 0 Å². The molecule has 0 saturated carbocycles. The number of aromatic nitrogens is 6. The molecule has 148 valence electrons. The minimum atomic E-state index is 0.310. The van der Waals surface area contributed by atoms with Gasteiger partial charge in [-0.15, -0.1) is 0 Å². The first kappa shape index (κ1) is 19.4. The summed E-state index contributed by atoms with van der Waals surface area (Å²) in [6, 6.07) is 13.0. The van der Waals surface area contributed by atoms with Gasteiger partial charge in [-0.3, -0.25) is 0 Å². The Hall–Kier alpha value is -2.56. The Morgan fingerprint density at radius 1 is 0.967 bits per heavy atom. The SMILES string of the molecule is Nc1ncnc2c1c(I)nn2Cc1nc2c(Cl)cccc2nc1-c1ccccc1Cl. The molecule has 0 bridgehead atoms. The van der Waals surface area contributed by atoms with Crippen molar-refractivity contribution in [1.82, 2.24) is 29.7 Å². The molecule has 0 radical (unpaired) electrons. The van der Waals surface area contributed by atoms with E-state index in [2.05, 4.69) is 37.7 Å². The predicted molar refractivity (Wildman–Crippen MR) is 127 cm³/mol. The van der Waals surface area contributed by atoms with Gasteiger partial charge in [0.15, 0.2) is 5.65 Å². The van der Waals surface area contributed by atoms with Gasteiger partial charge in [-0.05, 0) is 40.8 Å². The fraction of sp³-hybridized carbons (Fsp3) is 0.0500.